The zero-order valence-electron chi connectivity index (χ0n) is 7.72. The van der Waals surface area contributed by atoms with E-state index in [0.29, 0.717) is 0 Å². The molecular weight excluding hydrogens is 204 g/mol. The Balaban J connectivity index is 3.19. The van der Waals surface area contributed by atoms with E-state index in [1.165, 1.54) is 0 Å². The minimum absolute atomic E-state index is 0.123. The number of carboxylic acid groups (broad SMARTS) is 1. The van der Waals surface area contributed by atoms with E-state index in [1.807, 2.05) is 0 Å². The molecule has 15 heavy (non-hydrogen) atoms. The predicted molar refractivity (Wildman–Crippen MR) is 48.0 cm³/mol. The predicted octanol–water partition coefficient (Wildman–Crippen LogP) is 0.721. The fraction of sp³-hybridized carbons (Fsp3) is 0.111. The van der Waals surface area contributed by atoms with Gasteiger partial charge in [-0.1, -0.05) is 0 Å². The van der Waals surface area contributed by atoms with Crippen LogP contribution in [0.1, 0.15) is 17.3 Å². The fourth-order valence-corrected chi connectivity index (χ4v) is 1.03. The van der Waals surface area contributed by atoms with Crippen LogP contribution in [0.5, 0.6) is 17.2 Å². The number of carbonyl (C=O) groups excluding carboxylic acids is 1. The average Bonchev–Trinajstić information content (AvgIpc) is 1.99. The molecule has 1 rings (SSSR count). The van der Waals surface area contributed by atoms with Gasteiger partial charge in [-0.2, -0.15) is 0 Å². The van der Waals surface area contributed by atoms with Crippen LogP contribution in [0.3, 0.4) is 0 Å². The van der Waals surface area contributed by atoms with E-state index >= 15 is 0 Å². The summed E-state index contributed by atoms with van der Waals surface area (Å²) in [6.45, 7) is 1.14. The fourth-order valence-electron chi connectivity index (χ4n) is 1.03. The minimum Gasteiger partial charge on any atom is -0.507 e. The van der Waals surface area contributed by atoms with Gasteiger partial charge in [-0.15, -0.1) is 0 Å². The molecule has 0 bridgehead atoms. The molecule has 80 valence electrons. The summed E-state index contributed by atoms with van der Waals surface area (Å²) in [6, 6.07) is 1.87. The van der Waals surface area contributed by atoms with Crippen molar-refractivity contribution in [2.45, 2.75) is 6.92 Å². The number of rotatable bonds is 2. The number of carbonyl (C=O) groups is 2. The summed E-state index contributed by atoms with van der Waals surface area (Å²) >= 11 is 0. The van der Waals surface area contributed by atoms with Crippen LogP contribution in [-0.2, 0) is 4.79 Å². The Morgan fingerprint density at radius 3 is 2.00 bits per heavy atom. The number of ether oxygens (including phenoxy) is 1. The molecule has 0 unspecified atom stereocenters. The highest BCUT2D eigenvalue weighted by Crippen LogP contribution is 2.32. The summed E-state index contributed by atoms with van der Waals surface area (Å²) in [4.78, 5) is 21.1. The Labute approximate surface area is 84.3 Å². The molecule has 6 heteroatoms. The van der Waals surface area contributed by atoms with Gasteiger partial charge in [0.25, 0.3) is 0 Å². The molecule has 0 saturated heterocycles. The van der Waals surface area contributed by atoms with Gasteiger partial charge in [-0.3, -0.25) is 4.79 Å². The van der Waals surface area contributed by atoms with E-state index < -0.39 is 29.0 Å². The van der Waals surface area contributed by atoms with Crippen molar-refractivity contribution in [2.24, 2.45) is 0 Å². The summed E-state index contributed by atoms with van der Waals surface area (Å²) < 4.78 is 4.56. The second-order valence-electron chi connectivity index (χ2n) is 2.74. The molecule has 1 aromatic carbocycles. The summed E-state index contributed by atoms with van der Waals surface area (Å²) in [5.74, 6) is -3.57. The van der Waals surface area contributed by atoms with Crippen LogP contribution in [0.25, 0.3) is 0 Å². The lowest BCUT2D eigenvalue weighted by atomic mass is 10.1. The molecule has 0 heterocycles. The molecule has 0 amide bonds. The number of aromatic hydroxyl groups is 2. The van der Waals surface area contributed by atoms with Gasteiger partial charge in [0.05, 0.1) is 0 Å². The Morgan fingerprint density at radius 1 is 1.20 bits per heavy atom. The first-order valence-corrected chi connectivity index (χ1v) is 3.89. The summed E-state index contributed by atoms with van der Waals surface area (Å²) in [6.07, 6.45) is 0. The van der Waals surface area contributed by atoms with Gasteiger partial charge in [-0.25, -0.2) is 4.79 Å². The van der Waals surface area contributed by atoms with E-state index in [4.69, 9.17) is 5.11 Å². The zero-order valence-corrected chi connectivity index (χ0v) is 7.72. The molecule has 3 N–H and O–H groups in total. The Hall–Kier alpha value is -2.24. The topological polar surface area (TPSA) is 104 Å². The van der Waals surface area contributed by atoms with Crippen molar-refractivity contribution in [1.82, 2.24) is 0 Å². The van der Waals surface area contributed by atoms with Crippen LogP contribution in [0.2, 0.25) is 0 Å². The van der Waals surface area contributed by atoms with Gasteiger partial charge in [0.2, 0.25) is 0 Å². The van der Waals surface area contributed by atoms with Gasteiger partial charge in [-0.05, 0) is 0 Å². The maximum Gasteiger partial charge on any atom is 0.343 e. The van der Waals surface area contributed by atoms with Gasteiger partial charge in [0.1, 0.15) is 22.8 Å². The maximum absolute atomic E-state index is 10.6. The molecule has 0 spiro atoms. The van der Waals surface area contributed by atoms with E-state index in [0.717, 1.165) is 19.1 Å². The average molecular weight is 212 g/mol. The van der Waals surface area contributed by atoms with Gasteiger partial charge < -0.3 is 20.1 Å². The molecule has 6 nitrogen and oxygen atoms in total. The zero-order chi connectivity index (χ0) is 11.6. The minimum atomic E-state index is -1.47. The molecule has 0 aliphatic rings. The first-order chi connectivity index (χ1) is 6.91. The summed E-state index contributed by atoms with van der Waals surface area (Å²) in [7, 11) is 0. The highest BCUT2D eigenvalue weighted by Gasteiger charge is 2.17. The van der Waals surface area contributed by atoms with Crippen molar-refractivity contribution in [1.29, 1.82) is 0 Å². The summed E-state index contributed by atoms with van der Waals surface area (Å²) in [5.41, 5.74) is -0.633. The number of esters is 1. The summed E-state index contributed by atoms with van der Waals surface area (Å²) in [5, 5.41) is 27.0. The molecule has 0 aromatic heterocycles. The normalized spacial score (nSPS) is 9.67. The van der Waals surface area contributed by atoms with Crippen molar-refractivity contribution in [2.75, 3.05) is 0 Å². The number of carboxylic acids is 1. The molecule has 0 saturated carbocycles. The number of hydrogen-bond acceptors (Lipinski definition) is 5. The standard InChI is InChI=1S/C9H8O6/c1-4(10)15-5-2-6(11)8(9(13)14)7(12)3-5/h2-3,11-12H,1H3,(H,13,14). The van der Waals surface area contributed by atoms with Crippen molar-refractivity contribution in [3.63, 3.8) is 0 Å². The number of aromatic carboxylic acids is 1. The largest absolute Gasteiger partial charge is 0.507 e. The quantitative estimate of drug-likeness (QED) is 0.493. The maximum atomic E-state index is 10.6. The lowest BCUT2D eigenvalue weighted by Gasteiger charge is -2.06. The third-order valence-corrected chi connectivity index (χ3v) is 1.55. The van der Waals surface area contributed by atoms with E-state index in [2.05, 4.69) is 4.74 Å². The first kappa shape index (κ1) is 10.8. The van der Waals surface area contributed by atoms with Crippen LogP contribution in [0.15, 0.2) is 12.1 Å². The second kappa shape index (κ2) is 3.87. The first-order valence-electron chi connectivity index (χ1n) is 3.89. The number of phenols is 2. The molecule has 0 fully saturated rings. The van der Waals surface area contributed by atoms with E-state index in [1.54, 1.807) is 0 Å². The molecule has 0 aliphatic carbocycles. The second-order valence-corrected chi connectivity index (χ2v) is 2.74. The van der Waals surface area contributed by atoms with Crippen LogP contribution < -0.4 is 4.74 Å². The molecule has 0 radical (unpaired) electrons. The lowest BCUT2D eigenvalue weighted by Crippen LogP contribution is -2.03. The molecule has 0 aliphatic heterocycles. The third kappa shape index (κ3) is 2.37. The highest BCUT2D eigenvalue weighted by molar-refractivity contribution is 5.94. The highest BCUT2D eigenvalue weighted by atomic mass is 16.5. The van der Waals surface area contributed by atoms with Crippen LogP contribution in [0.4, 0.5) is 0 Å². The SMILES string of the molecule is CC(=O)Oc1cc(O)c(C(=O)O)c(O)c1. The molecular formula is C9H8O6. The Morgan fingerprint density at radius 2 is 1.67 bits per heavy atom. The molecule has 0 atom stereocenters. The van der Waals surface area contributed by atoms with Crippen LogP contribution in [-0.4, -0.2) is 27.3 Å². The van der Waals surface area contributed by atoms with E-state index in [9.17, 15) is 19.8 Å². The van der Waals surface area contributed by atoms with Gasteiger partial charge in [0.15, 0.2) is 0 Å². The van der Waals surface area contributed by atoms with Crippen LogP contribution in [0, 0.1) is 0 Å². The smallest absolute Gasteiger partial charge is 0.343 e. The van der Waals surface area contributed by atoms with Crippen molar-refractivity contribution in [3.05, 3.63) is 17.7 Å². The van der Waals surface area contributed by atoms with Crippen molar-refractivity contribution in [3.8, 4) is 17.2 Å². The number of hydrogen-bond donors (Lipinski definition) is 3. The molecule has 1 aromatic rings. The van der Waals surface area contributed by atoms with Crippen LogP contribution >= 0.6 is 0 Å². The monoisotopic (exact) mass is 212 g/mol. The van der Waals surface area contributed by atoms with Crippen molar-refractivity contribution < 1.29 is 29.6 Å². The number of benzene rings is 1. The lowest BCUT2D eigenvalue weighted by molar-refractivity contribution is -0.131. The van der Waals surface area contributed by atoms with E-state index in [-0.39, 0.29) is 5.75 Å². The van der Waals surface area contributed by atoms with Crippen molar-refractivity contribution >= 4 is 11.9 Å². The Bertz CT molecular complexity index is 400. The third-order valence-electron chi connectivity index (χ3n) is 1.55. The van der Waals surface area contributed by atoms with Gasteiger partial charge in [0, 0.05) is 19.1 Å². The Kier molecular flexibility index (Phi) is 2.80. The van der Waals surface area contributed by atoms with Gasteiger partial charge >= 0.3 is 11.9 Å².